The van der Waals surface area contributed by atoms with E-state index in [9.17, 15) is 19.5 Å². The maximum absolute atomic E-state index is 12.5. The summed E-state index contributed by atoms with van der Waals surface area (Å²) in [6, 6.07) is 7.38. The van der Waals surface area contributed by atoms with Crippen LogP contribution in [0, 0.1) is 11.8 Å². The SMILES string of the molecule is CN(C)C(=O)CCc1cccc(NC(=O)[C@@H]2CCCC[C@H]2C(=O)O)c1. The zero-order chi connectivity index (χ0) is 18.4. The molecule has 1 aromatic rings. The van der Waals surface area contributed by atoms with Crippen LogP contribution in [0.5, 0.6) is 0 Å². The molecule has 2 rings (SSSR count). The molecule has 6 heteroatoms. The molecule has 6 nitrogen and oxygen atoms in total. The van der Waals surface area contributed by atoms with E-state index in [0.717, 1.165) is 18.4 Å². The van der Waals surface area contributed by atoms with Gasteiger partial charge in [0.1, 0.15) is 0 Å². The third kappa shape index (κ3) is 5.31. The normalized spacial score (nSPS) is 19.9. The van der Waals surface area contributed by atoms with Gasteiger partial charge in [0.05, 0.1) is 11.8 Å². The molecule has 25 heavy (non-hydrogen) atoms. The van der Waals surface area contributed by atoms with Gasteiger partial charge in [0.15, 0.2) is 0 Å². The number of carboxylic acids is 1. The third-order valence-corrected chi connectivity index (χ3v) is 4.74. The monoisotopic (exact) mass is 346 g/mol. The molecule has 0 aromatic heterocycles. The van der Waals surface area contributed by atoms with Gasteiger partial charge in [0.25, 0.3) is 0 Å². The van der Waals surface area contributed by atoms with Crippen molar-refractivity contribution >= 4 is 23.5 Å². The van der Waals surface area contributed by atoms with Crippen molar-refractivity contribution in [1.29, 1.82) is 0 Å². The number of rotatable bonds is 6. The average molecular weight is 346 g/mol. The largest absolute Gasteiger partial charge is 0.481 e. The summed E-state index contributed by atoms with van der Waals surface area (Å²) in [7, 11) is 3.45. The number of hydrogen-bond donors (Lipinski definition) is 2. The number of nitrogens with one attached hydrogen (secondary N) is 1. The smallest absolute Gasteiger partial charge is 0.307 e. The van der Waals surface area contributed by atoms with Crippen LogP contribution in [0.2, 0.25) is 0 Å². The molecule has 0 bridgehead atoms. The van der Waals surface area contributed by atoms with Crippen LogP contribution in [0.3, 0.4) is 0 Å². The van der Waals surface area contributed by atoms with Gasteiger partial charge in [-0.2, -0.15) is 0 Å². The number of amides is 2. The molecule has 1 aromatic carbocycles. The highest BCUT2D eigenvalue weighted by atomic mass is 16.4. The second-order valence-corrected chi connectivity index (χ2v) is 6.81. The lowest BCUT2D eigenvalue weighted by molar-refractivity contribution is -0.147. The Hall–Kier alpha value is -2.37. The highest BCUT2D eigenvalue weighted by Gasteiger charge is 2.35. The summed E-state index contributed by atoms with van der Waals surface area (Å²) >= 11 is 0. The molecule has 2 N–H and O–H groups in total. The van der Waals surface area contributed by atoms with E-state index < -0.39 is 17.8 Å². The number of benzene rings is 1. The Labute approximate surface area is 148 Å². The van der Waals surface area contributed by atoms with E-state index in [4.69, 9.17) is 0 Å². The van der Waals surface area contributed by atoms with Gasteiger partial charge in [0, 0.05) is 26.2 Å². The minimum absolute atomic E-state index is 0.0564. The Morgan fingerprint density at radius 2 is 1.84 bits per heavy atom. The number of carbonyl (C=O) groups is 3. The first kappa shape index (κ1) is 19.0. The molecule has 2 amide bonds. The molecule has 0 unspecified atom stereocenters. The maximum atomic E-state index is 12.5. The van der Waals surface area contributed by atoms with Crippen molar-refractivity contribution in [2.24, 2.45) is 11.8 Å². The molecular formula is C19H26N2O4. The summed E-state index contributed by atoms with van der Waals surface area (Å²) in [6.07, 6.45) is 3.92. The number of anilines is 1. The highest BCUT2D eigenvalue weighted by molar-refractivity contribution is 5.95. The Morgan fingerprint density at radius 1 is 1.16 bits per heavy atom. The fourth-order valence-corrected chi connectivity index (χ4v) is 3.25. The van der Waals surface area contributed by atoms with Crippen molar-refractivity contribution in [3.05, 3.63) is 29.8 Å². The van der Waals surface area contributed by atoms with Crippen LogP contribution in [0.15, 0.2) is 24.3 Å². The lowest BCUT2D eigenvalue weighted by Gasteiger charge is -2.27. The van der Waals surface area contributed by atoms with Crippen LogP contribution in [-0.2, 0) is 20.8 Å². The first-order valence-corrected chi connectivity index (χ1v) is 8.71. The molecule has 0 saturated heterocycles. The van der Waals surface area contributed by atoms with E-state index in [1.54, 1.807) is 25.1 Å². The third-order valence-electron chi connectivity index (χ3n) is 4.74. The van der Waals surface area contributed by atoms with Crippen molar-refractivity contribution in [3.63, 3.8) is 0 Å². The molecule has 2 atom stereocenters. The van der Waals surface area contributed by atoms with Crippen LogP contribution < -0.4 is 5.32 Å². The molecular weight excluding hydrogens is 320 g/mol. The van der Waals surface area contributed by atoms with Crippen molar-refractivity contribution in [1.82, 2.24) is 4.90 Å². The van der Waals surface area contributed by atoms with Gasteiger partial charge in [-0.15, -0.1) is 0 Å². The molecule has 0 radical (unpaired) electrons. The van der Waals surface area contributed by atoms with E-state index in [2.05, 4.69) is 5.32 Å². The first-order valence-electron chi connectivity index (χ1n) is 8.71. The van der Waals surface area contributed by atoms with Crippen LogP contribution >= 0.6 is 0 Å². The molecule has 1 saturated carbocycles. The fourth-order valence-electron chi connectivity index (χ4n) is 3.25. The Morgan fingerprint density at radius 3 is 2.48 bits per heavy atom. The van der Waals surface area contributed by atoms with Gasteiger partial charge in [-0.1, -0.05) is 25.0 Å². The van der Waals surface area contributed by atoms with Crippen molar-refractivity contribution < 1.29 is 19.5 Å². The molecule has 1 aliphatic rings. The van der Waals surface area contributed by atoms with Crippen LogP contribution in [0.4, 0.5) is 5.69 Å². The van der Waals surface area contributed by atoms with E-state index in [1.165, 1.54) is 0 Å². The second-order valence-electron chi connectivity index (χ2n) is 6.81. The summed E-state index contributed by atoms with van der Waals surface area (Å²) in [5, 5.41) is 12.2. The number of aliphatic carboxylic acids is 1. The first-order chi connectivity index (χ1) is 11.9. The van der Waals surface area contributed by atoms with Gasteiger partial charge < -0.3 is 15.3 Å². The number of carbonyl (C=O) groups excluding carboxylic acids is 2. The predicted octanol–water partition coefficient (Wildman–Crippen LogP) is 2.54. The van der Waals surface area contributed by atoms with E-state index in [1.807, 2.05) is 18.2 Å². The van der Waals surface area contributed by atoms with Gasteiger partial charge in [-0.25, -0.2) is 0 Å². The summed E-state index contributed by atoms with van der Waals surface area (Å²) in [5.41, 5.74) is 1.61. The maximum Gasteiger partial charge on any atom is 0.307 e. The lowest BCUT2D eigenvalue weighted by Crippen LogP contribution is -2.36. The zero-order valence-corrected chi connectivity index (χ0v) is 14.8. The van der Waals surface area contributed by atoms with Crippen molar-refractivity contribution in [3.8, 4) is 0 Å². The standard InChI is InChI=1S/C19H26N2O4/c1-21(2)17(22)11-10-13-6-5-7-14(12-13)20-18(23)15-8-3-4-9-16(15)19(24)25/h5-7,12,15-16H,3-4,8-11H2,1-2H3,(H,20,23)(H,24,25)/t15-,16-/m1/s1. The van der Waals surface area contributed by atoms with E-state index in [-0.39, 0.29) is 11.8 Å². The van der Waals surface area contributed by atoms with E-state index in [0.29, 0.717) is 31.4 Å². The van der Waals surface area contributed by atoms with Crippen LogP contribution in [0.25, 0.3) is 0 Å². The predicted molar refractivity (Wildman–Crippen MR) is 95.2 cm³/mol. The Bertz CT molecular complexity index is 642. The second kappa shape index (κ2) is 8.65. The topological polar surface area (TPSA) is 86.7 Å². The molecule has 136 valence electrons. The lowest BCUT2D eigenvalue weighted by atomic mass is 9.78. The molecule has 1 fully saturated rings. The Kier molecular flexibility index (Phi) is 6.56. The molecule has 0 spiro atoms. The minimum Gasteiger partial charge on any atom is -0.481 e. The van der Waals surface area contributed by atoms with Gasteiger partial charge in [0.2, 0.25) is 11.8 Å². The molecule has 0 aliphatic heterocycles. The number of aryl methyl sites for hydroxylation is 1. The number of hydrogen-bond acceptors (Lipinski definition) is 3. The van der Waals surface area contributed by atoms with Crippen molar-refractivity contribution in [2.45, 2.75) is 38.5 Å². The molecule has 0 heterocycles. The average Bonchev–Trinajstić information content (AvgIpc) is 2.59. The summed E-state index contributed by atoms with van der Waals surface area (Å²) in [6.45, 7) is 0. The van der Waals surface area contributed by atoms with Crippen LogP contribution in [-0.4, -0.2) is 41.9 Å². The van der Waals surface area contributed by atoms with Gasteiger partial charge in [-0.05, 0) is 37.0 Å². The fraction of sp³-hybridized carbons (Fsp3) is 0.526. The minimum atomic E-state index is -0.893. The Balaban J connectivity index is 1.99. The summed E-state index contributed by atoms with van der Waals surface area (Å²) < 4.78 is 0. The highest BCUT2D eigenvalue weighted by Crippen LogP contribution is 2.31. The molecule has 1 aliphatic carbocycles. The van der Waals surface area contributed by atoms with Gasteiger partial charge >= 0.3 is 5.97 Å². The zero-order valence-electron chi connectivity index (χ0n) is 14.8. The van der Waals surface area contributed by atoms with E-state index >= 15 is 0 Å². The summed E-state index contributed by atoms with van der Waals surface area (Å²) in [4.78, 5) is 37.1. The summed E-state index contributed by atoms with van der Waals surface area (Å²) in [5.74, 6) is -2.15. The van der Waals surface area contributed by atoms with Gasteiger partial charge in [-0.3, -0.25) is 14.4 Å². The van der Waals surface area contributed by atoms with Crippen molar-refractivity contribution in [2.75, 3.05) is 19.4 Å². The number of carboxylic acid groups (broad SMARTS) is 1. The number of nitrogens with zero attached hydrogens (tertiary/aromatic N) is 1. The quantitative estimate of drug-likeness (QED) is 0.829. The van der Waals surface area contributed by atoms with Crippen LogP contribution in [0.1, 0.15) is 37.7 Å².